The topological polar surface area (TPSA) is 136 Å². The number of oxime groups is 1. The number of aryl methyl sites for hydroxylation is 1. The first-order chi connectivity index (χ1) is 16.1. The van der Waals surface area contributed by atoms with E-state index in [1.54, 1.807) is 29.8 Å². The summed E-state index contributed by atoms with van der Waals surface area (Å²) in [5.74, 6) is -2.72. The molecule has 0 radical (unpaired) electrons. The lowest BCUT2D eigenvalue weighted by atomic mass is 9.60. The van der Waals surface area contributed by atoms with E-state index in [2.05, 4.69) is 10.5 Å². The monoisotopic (exact) mass is 470 g/mol. The minimum Gasteiger partial charge on any atom is -0.477 e. The molecular weight excluding hydrogens is 436 g/mol. The highest BCUT2D eigenvalue weighted by atomic mass is 16.6. The van der Waals surface area contributed by atoms with Crippen molar-refractivity contribution in [3.8, 4) is 0 Å². The van der Waals surface area contributed by atoms with Gasteiger partial charge in [-0.3, -0.25) is 9.59 Å². The Morgan fingerprint density at radius 3 is 2.65 bits per heavy atom. The van der Waals surface area contributed by atoms with Crippen molar-refractivity contribution in [2.75, 3.05) is 7.11 Å². The van der Waals surface area contributed by atoms with Gasteiger partial charge in [0.15, 0.2) is 0 Å². The molecule has 0 bridgehead atoms. The molecular formula is C25H34N4O5. The number of nitrogens with zero attached hydrogens (tertiary/aromatic N) is 2. The molecule has 2 amide bonds. The van der Waals surface area contributed by atoms with Crippen LogP contribution < -0.4 is 11.1 Å². The van der Waals surface area contributed by atoms with Crippen LogP contribution in [0.5, 0.6) is 0 Å². The smallest absolute Gasteiger partial charge is 0.352 e. The zero-order valence-electron chi connectivity index (χ0n) is 20.2. The second kappa shape index (κ2) is 10.3. The van der Waals surface area contributed by atoms with Gasteiger partial charge in [0.2, 0.25) is 11.8 Å². The number of nitrogens with one attached hydrogen (secondary N) is 1. The first-order valence-corrected chi connectivity index (χ1v) is 11.6. The standard InChI is InChI=1S/C25H34N4O5/c1-15(2)13-16(14-27-34-4)28-22(30)18-10-7-8-12-25(18,24(26)33)20-17-9-5-6-11-19(17)29(3)21(20)23(31)32/h5-6,9,11,14-16,18H,7-8,10,12-13H2,1-4H3,(H2,26,33)(H,28,30)(H,31,32)/t16?,18-,25-/m0/s1. The number of nitrogens with two attached hydrogens (primary N) is 1. The van der Waals surface area contributed by atoms with E-state index in [1.165, 1.54) is 13.3 Å². The number of carboxylic acids is 1. The first kappa shape index (κ1) is 25.3. The maximum Gasteiger partial charge on any atom is 0.352 e. The van der Waals surface area contributed by atoms with Crippen molar-refractivity contribution in [3.05, 3.63) is 35.5 Å². The molecule has 1 saturated carbocycles. The maximum atomic E-state index is 13.7. The van der Waals surface area contributed by atoms with Gasteiger partial charge in [0, 0.05) is 23.5 Å². The SMILES string of the molecule is CON=CC(CC(C)C)NC(=O)[C@@H]1CCCC[C@@]1(C(N)=O)c1c(C(=O)O)n(C)c2ccccc12. The van der Waals surface area contributed by atoms with E-state index in [9.17, 15) is 19.5 Å². The molecule has 0 saturated heterocycles. The average Bonchev–Trinajstić information content (AvgIpc) is 3.10. The fourth-order valence-electron chi connectivity index (χ4n) is 5.42. The van der Waals surface area contributed by atoms with Crippen LogP contribution >= 0.6 is 0 Å². The third kappa shape index (κ3) is 4.51. The van der Waals surface area contributed by atoms with Crippen LogP contribution in [-0.4, -0.2) is 46.8 Å². The third-order valence-electron chi connectivity index (χ3n) is 6.82. The van der Waals surface area contributed by atoms with Crippen LogP contribution in [0.4, 0.5) is 0 Å². The fourth-order valence-corrected chi connectivity index (χ4v) is 5.42. The van der Waals surface area contributed by atoms with Crippen LogP contribution in [0.2, 0.25) is 0 Å². The van der Waals surface area contributed by atoms with Gasteiger partial charge in [0.25, 0.3) is 0 Å². The van der Waals surface area contributed by atoms with Gasteiger partial charge in [-0.2, -0.15) is 0 Å². The molecule has 0 aliphatic heterocycles. The first-order valence-electron chi connectivity index (χ1n) is 11.6. The summed E-state index contributed by atoms with van der Waals surface area (Å²) >= 11 is 0. The summed E-state index contributed by atoms with van der Waals surface area (Å²) < 4.78 is 1.56. The van der Waals surface area contributed by atoms with Crippen LogP contribution in [0.25, 0.3) is 10.9 Å². The summed E-state index contributed by atoms with van der Waals surface area (Å²) in [5, 5.41) is 17.6. The van der Waals surface area contributed by atoms with Crippen molar-refractivity contribution in [1.82, 2.24) is 9.88 Å². The molecule has 1 aliphatic carbocycles. The van der Waals surface area contributed by atoms with Crippen molar-refractivity contribution < 1.29 is 24.3 Å². The molecule has 2 aromatic rings. The van der Waals surface area contributed by atoms with E-state index in [4.69, 9.17) is 10.6 Å². The highest BCUT2D eigenvalue weighted by Crippen LogP contribution is 2.48. The van der Waals surface area contributed by atoms with E-state index in [0.717, 1.165) is 6.42 Å². The van der Waals surface area contributed by atoms with Crippen molar-refractivity contribution in [1.29, 1.82) is 0 Å². The van der Waals surface area contributed by atoms with E-state index in [-0.39, 0.29) is 17.5 Å². The Kier molecular flexibility index (Phi) is 7.64. The predicted molar refractivity (Wildman–Crippen MR) is 130 cm³/mol. The molecule has 184 valence electrons. The summed E-state index contributed by atoms with van der Waals surface area (Å²) in [6.45, 7) is 4.06. The second-order valence-corrected chi connectivity index (χ2v) is 9.42. The van der Waals surface area contributed by atoms with Gasteiger partial charge in [-0.05, 0) is 31.2 Å². The minimum absolute atomic E-state index is 0.0145. The van der Waals surface area contributed by atoms with Crippen LogP contribution in [0.1, 0.15) is 62.0 Å². The van der Waals surface area contributed by atoms with E-state index >= 15 is 0 Å². The lowest BCUT2D eigenvalue weighted by Gasteiger charge is -2.41. The van der Waals surface area contributed by atoms with Crippen molar-refractivity contribution in [2.24, 2.45) is 29.8 Å². The Bertz CT molecular complexity index is 1110. The Labute approximate surface area is 199 Å². The molecule has 9 nitrogen and oxygen atoms in total. The summed E-state index contributed by atoms with van der Waals surface area (Å²) in [7, 11) is 3.08. The van der Waals surface area contributed by atoms with Crippen LogP contribution in [0.3, 0.4) is 0 Å². The van der Waals surface area contributed by atoms with Crippen molar-refractivity contribution >= 4 is 34.9 Å². The number of carbonyl (C=O) groups excluding carboxylic acids is 2. The highest BCUT2D eigenvalue weighted by molar-refractivity contribution is 6.06. The normalized spacial score (nSPS) is 21.6. The molecule has 34 heavy (non-hydrogen) atoms. The molecule has 1 aromatic heterocycles. The van der Waals surface area contributed by atoms with Crippen molar-refractivity contribution in [3.63, 3.8) is 0 Å². The zero-order valence-corrected chi connectivity index (χ0v) is 20.2. The van der Waals surface area contributed by atoms with Crippen LogP contribution in [-0.2, 0) is 26.9 Å². The largest absolute Gasteiger partial charge is 0.477 e. The number of amides is 2. The highest BCUT2D eigenvalue weighted by Gasteiger charge is 2.54. The van der Waals surface area contributed by atoms with E-state index in [1.807, 2.05) is 19.9 Å². The molecule has 4 N–H and O–H groups in total. The number of aromatic nitrogens is 1. The molecule has 1 aromatic carbocycles. The summed E-state index contributed by atoms with van der Waals surface area (Å²) in [6.07, 6.45) is 4.29. The minimum atomic E-state index is -1.45. The van der Waals surface area contributed by atoms with Gasteiger partial charge in [0.05, 0.1) is 23.6 Å². The number of rotatable bonds is 9. The Morgan fingerprint density at radius 1 is 1.32 bits per heavy atom. The molecule has 9 heteroatoms. The summed E-state index contributed by atoms with van der Waals surface area (Å²) in [4.78, 5) is 44.2. The molecule has 0 spiro atoms. The number of carbonyl (C=O) groups is 3. The Morgan fingerprint density at radius 2 is 2.03 bits per heavy atom. The van der Waals surface area contributed by atoms with Gasteiger partial charge < -0.3 is 25.6 Å². The predicted octanol–water partition coefficient (Wildman–Crippen LogP) is 2.95. The number of fused-ring (bicyclic) bond motifs is 1. The van der Waals surface area contributed by atoms with Gasteiger partial charge >= 0.3 is 5.97 Å². The lowest BCUT2D eigenvalue weighted by molar-refractivity contribution is -0.137. The van der Waals surface area contributed by atoms with Crippen molar-refractivity contribution in [2.45, 2.75) is 57.4 Å². The number of aromatic carboxylic acids is 1. The molecule has 1 unspecified atom stereocenters. The second-order valence-electron chi connectivity index (χ2n) is 9.42. The summed E-state index contributed by atoms with van der Waals surface area (Å²) in [6, 6.07) is 6.80. The number of hydrogen-bond acceptors (Lipinski definition) is 5. The molecule has 1 aliphatic rings. The van der Waals surface area contributed by atoms with Gasteiger partial charge in [-0.1, -0.05) is 50.0 Å². The van der Waals surface area contributed by atoms with Gasteiger partial charge in [-0.15, -0.1) is 0 Å². The Hall–Kier alpha value is -3.36. The zero-order chi connectivity index (χ0) is 25.0. The molecule has 1 fully saturated rings. The van der Waals surface area contributed by atoms with Crippen LogP contribution in [0, 0.1) is 11.8 Å². The van der Waals surface area contributed by atoms with Crippen LogP contribution in [0.15, 0.2) is 29.4 Å². The molecule has 3 rings (SSSR count). The number of carboxylic acid groups (broad SMARTS) is 1. The Balaban J connectivity index is 2.18. The average molecular weight is 471 g/mol. The van der Waals surface area contributed by atoms with E-state index < -0.39 is 29.3 Å². The third-order valence-corrected chi connectivity index (χ3v) is 6.82. The molecule has 1 heterocycles. The number of primary amides is 1. The quantitative estimate of drug-likeness (QED) is 0.382. The number of hydrogen-bond donors (Lipinski definition) is 3. The molecule has 3 atom stereocenters. The van der Waals surface area contributed by atoms with Gasteiger partial charge in [-0.25, -0.2) is 4.79 Å². The number of benzene rings is 1. The maximum absolute atomic E-state index is 13.7. The number of para-hydroxylation sites is 1. The van der Waals surface area contributed by atoms with Gasteiger partial charge in [0.1, 0.15) is 12.8 Å². The lowest BCUT2D eigenvalue weighted by Crippen LogP contribution is -2.56. The summed E-state index contributed by atoms with van der Waals surface area (Å²) in [5.41, 5.74) is 5.60. The van der Waals surface area contributed by atoms with E-state index in [0.29, 0.717) is 42.1 Å². The fraction of sp³-hybridized carbons (Fsp3) is 0.520.